The van der Waals surface area contributed by atoms with Crippen LogP contribution in [0.4, 0.5) is 5.13 Å². The van der Waals surface area contributed by atoms with Gasteiger partial charge in [0.05, 0.1) is 0 Å². The molecule has 1 amide bonds. The van der Waals surface area contributed by atoms with Crippen LogP contribution in [-0.2, 0) is 0 Å². The van der Waals surface area contributed by atoms with Gasteiger partial charge in [0.2, 0.25) is 10.1 Å². The third-order valence-electron chi connectivity index (χ3n) is 3.70. The summed E-state index contributed by atoms with van der Waals surface area (Å²) in [5, 5.41) is 15.2. The van der Waals surface area contributed by atoms with Crippen molar-refractivity contribution >= 4 is 22.4 Å². The van der Waals surface area contributed by atoms with Crippen LogP contribution in [0.5, 0.6) is 0 Å². The van der Waals surface area contributed by atoms with Crippen LogP contribution in [0.25, 0.3) is 0 Å². The first-order valence-electron chi connectivity index (χ1n) is 6.98. The van der Waals surface area contributed by atoms with Gasteiger partial charge in [-0.3, -0.25) is 4.79 Å². The number of rotatable bonds is 4. The molecule has 6 heteroatoms. The van der Waals surface area contributed by atoms with Crippen molar-refractivity contribution in [2.45, 2.75) is 46.1 Å². The number of carbonyl (C=O) groups is 1. The Labute approximate surface area is 118 Å². The zero-order valence-corrected chi connectivity index (χ0v) is 12.6. The van der Waals surface area contributed by atoms with Crippen LogP contribution in [0, 0.1) is 11.8 Å². The number of nitrogens with zero attached hydrogens (tertiary/aromatic N) is 2. The highest BCUT2D eigenvalue weighted by atomic mass is 32.1. The smallest absolute Gasteiger partial charge is 0.282 e. The van der Waals surface area contributed by atoms with E-state index >= 15 is 0 Å². The zero-order chi connectivity index (χ0) is 13.8. The molecule has 106 valence electrons. The summed E-state index contributed by atoms with van der Waals surface area (Å²) < 4.78 is 0. The van der Waals surface area contributed by atoms with Crippen molar-refractivity contribution in [3.63, 3.8) is 0 Å². The summed E-state index contributed by atoms with van der Waals surface area (Å²) in [5.74, 6) is 1.21. The Morgan fingerprint density at radius 1 is 1.37 bits per heavy atom. The van der Waals surface area contributed by atoms with Crippen molar-refractivity contribution in [1.82, 2.24) is 15.5 Å². The van der Waals surface area contributed by atoms with Crippen molar-refractivity contribution in [3.8, 4) is 0 Å². The molecule has 1 saturated carbocycles. The summed E-state index contributed by atoms with van der Waals surface area (Å²) in [6.07, 6.45) is 3.44. The summed E-state index contributed by atoms with van der Waals surface area (Å²) in [6.45, 7) is 7.27. The fourth-order valence-electron chi connectivity index (χ4n) is 2.65. The standard InChI is InChI=1S/C13H22N4OS/c1-4-14-13-17-16-12(19-13)11(18)15-10-6-5-8(2)7-9(10)3/h8-10H,4-7H2,1-3H3,(H,14,17)(H,15,18). The van der Waals surface area contributed by atoms with Crippen molar-refractivity contribution in [2.75, 3.05) is 11.9 Å². The summed E-state index contributed by atoms with van der Waals surface area (Å²) >= 11 is 1.31. The van der Waals surface area contributed by atoms with Gasteiger partial charge in [0, 0.05) is 12.6 Å². The van der Waals surface area contributed by atoms with E-state index in [1.54, 1.807) is 0 Å². The second-order valence-corrected chi connectivity index (χ2v) is 6.40. The number of hydrogen-bond acceptors (Lipinski definition) is 5. The van der Waals surface area contributed by atoms with Crippen LogP contribution >= 0.6 is 11.3 Å². The van der Waals surface area contributed by atoms with E-state index in [2.05, 4.69) is 34.7 Å². The van der Waals surface area contributed by atoms with E-state index in [0.717, 1.165) is 18.9 Å². The Hall–Kier alpha value is -1.17. The van der Waals surface area contributed by atoms with Crippen LogP contribution in [-0.4, -0.2) is 28.7 Å². The molecule has 1 aliphatic carbocycles. The van der Waals surface area contributed by atoms with E-state index in [9.17, 15) is 4.79 Å². The number of carbonyl (C=O) groups excluding carboxylic acids is 1. The predicted molar refractivity (Wildman–Crippen MR) is 77.5 cm³/mol. The summed E-state index contributed by atoms with van der Waals surface area (Å²) in [6, 6.07) is 0.273. The molecule has 0 aliphatic heterocycles. The predicted octanol–water partition coefficient (Wildman–Crippen LogP) is 2.52. The van der Waals surface area contributed by atoms with Crippen molar-refractivity contribution in [2.24, 2.45) is 11.8 Å². The van der Waals surface area contributed by atoms with E-state index < -0.39 is 0 Å². The minimum absolute atomic E-state index is 0.0898. The van der Waals surface area contributed by atoms with Crippen LogP contribution in [0.3, 0.4) is 0 Å². The Morgan fingerprint density at radius 3 is 2.84 bits per heavy atom. The maximum absolute atomic E-state index is 12.1. The molecular formula is C13H22N4OS. The highest BCUT2D eigenvalue weighted by Gasteiger charge is 2.27. The van der Waals surface area contributed by atoms with Gasteiger partial charge in [-0.2, -0.15) is 0 Å². The Balaban J connectivity index is 1.92. The highest BCUT2D eigenvalue weighted by molar-refractivity contribution is 7.17. The molecular weight excluding hydrogens is 260 g/mol. The molecule has 0 bridgehead atoms. The van der Waals surface area contributed by atoms with Gasteiger partial charge in [-0.1, -0.05) is 25.2 Å². The van der Waals surface area contributed by atoms with Gasteiger partial charge in [-0.05, 0) is 38.0 Å². The van der Waals surface area contributed by atoms with Gasteiger partial charge < -0.3 is 10.6 Å². The normalized spacial score (nSPS) is 27.0. The van der Waals surface area contributed by atoms with Crippen LogP contribution < -0.4 is 10.6 Å². The summed E-state index contributed by atoms with van der Waals surface area (Å²) in [5.41, 5.74) is 0. The first-order chi connectivity index (χ1) is 9.10. The maximum Gasteiger partial charge on any atom is 0.282 e. The second kappa shape index (κ2) is 6.32. The van der Waals surface area contributed by atoms with Gasteiger partial charge in [-0.25, -0.2) is 0 Å². The van der Waals surface area contributed by atoms with E-state index in [1.807, 2.05) is 6.92 Å². The molecule has 5 nitrogen and oxygen atoms in total. The van der Waals surface area contributed by atoms with Crippen LogP contribution in [0.2, 0.25) is 0 Å². The summed E-state index contributed by atoms with van der Waals surface area (Å²) in [7, 11) is 0. The maximum atomic E-state index is 12.1. The Bertz CT molecular complexity index is 434. The van der Waals surface area contributed by atoms with Crippen molar-refractivity contribution < 1.29 is 4.79 Å². The van der Waals surface area contributed by atoms with Crippen molar-refractivity contribution in [3.05, 3.63) is 5.01 Å². The molecule has 0 spiro atoms. The van der Waals surface area contributed by atoms with Crippen LogP contribution in [0.15, 0.2) is 0 Å². The quantitative estimate of drug-likeness (QED) is 0.890. The highest BCUT2D eigenvalue weighted by Crippen LogP contribution is 2.29. The third kappa shape index (κ3) is 3.65. The third-order valence-corrected chi connectivity index (χ3v) is 4.57. The monoisotopic (exact) mass is 282 g/mol. The SMILES string of the molecule is CCNc1nnc(C(=O)NC2CCC(C)CC2C)s1. The number of aromatic nitrogens is 2. The lowest BCUT2D eigenvalue weighted by molar-refractivity contribution is 0.0898. The molecule has 2 N–H and O–H groups in total. The molecule has 1 aliphatic rings. The molecule has 0 aromatic carbocycles. The number of anilines is 1. The molecule has 1 fully saturated rings. The largest absolute Gasteiger partial charge is 0.360 e. The first-order valence-corrected chi connectivity index (χ1v) is 7.80. The first kappa shape index (κ1) is 14.2. The van der Waals surface area contributed by atoms with E-state index in [1.165, 1.54) is 24.2 Å². The van der Waals surface area contributed by atoms with Gasteiger partial charge in [0.15, 0.2) is 0 Å². The minimum Gasteiger partial charge on any atom is -0.360 e. The van der Waals surface area contributed by atoms with Gasteiger partial charge in [-0.15, -0.1) is 10.2 Å². The molecule has 0 saturated heterocycles. The summed E-state index contributed by atoms with van der Waals surface area (Å²) in [4.78, 5) is 12.1. The molecule has 2 rings (SSSR count). The van der Waals surface area contributed by atoms with E-state index in [-0.39, 0.29) is 11.9 Å². The van der Waals surface area contributed by atoms with Crippen molar-refractivity contribution in [1.29, 1.82) is 0 Å². The van der Waals surface area contributed by atoms with Gasteiger partial charge in [0.1, 0.15) is 0 Å². The number of amides is 1. The molecule has 1 aromatic heterocycles. The van der Waals surface area contributed by atoms with E-state index in [0.29, 0.717) is 16.1 Å². The molecule has 19 heavy (non-hydrogen) atoms. The Kier molecular flexibility index (Phi) is 4.74. The zero-order valence-electron chi connectivity index (χ0n) is 11.8. The lowest BCUT2D eigenvalue weighted by Gasteiger charge is -2.32. The fourth-order valence-corrected chi connectivity index (χ4v) is 3.36. The van der Waals surface area contributed by atoms with Gasteiger partial charge in [0.25, 0.3) is 5.91 Å². The molecule has 3 unspecified atom stereocenters. The lowest BCUT2D eigenvalue weighted by atomic mass is 9.80. The van der Waals surface area contributed by atoms with Crippen LogP contribution in [0.1, 0.15) is 49.8 Å². The Morgan fingerprint density at radius 2 is 2.16 bits per heavy atom. The molecule has 1 aromatic rings. The average molecular weight is 282 g/mol. The minimum atomic E-state index is -0.0898. The molecule has 1 heterocycles. The number of hydrogen-bond donors (Lipinski definition) is 2. The molecule has 0 radical (unpaired) electrons. The second-order valence-electron chi connectivity index (χ2n) is 5.42. The average Bonchev–Trinajstić information content (AvgIpc) is 2.82. The van der Waals surface area contributed by atoms with E-state index in [4.69, 9.17) is 0 Å². The lowest BCUT2D eigenvalue weighted by Crippen LogP contribution is -2.42. The van der Waals surface area contributed by atoms with Gasteiger partial charge >= 0.3 is 0 Å². The fraction of sp³-hybridized carbons (Fsp3) is 0.769. The molecule has 3 atom stereocenters. The topological polar surface area (TPSA) is 66.9 Å². The number of nitrogens with one attached hydrogen (secondary N) is 2.